The topological polar surface area (TPSA) is 63.2 Å². The summed E-state index contributed by atoms with van der Waals surface area (Å²) < 4.78 is 5.40. The van der Waals surface area contributed by atoms with E-state index < -0.39 is 0 Å². The van der Waals surface area contributed by atoms with Crippen molar-refractivity contribution in [2.45, 2.75) is 26.3 Å². The molecule has 5 nitrogen and oxygen atoms in total. The fraction of sp³-hybridized carbons (Fsp3) is 0.333. The molecule has 0 spiro atoms. The van der Waals surface area contributed by atoms with Gasteiger partial charge in [-0.15, -0.1) is 11.3 Å². The molecular formula is C15H19N3O2S. The molecule has 0 aliphatic heterocycles. The number of hydrogen-bond donors (Lipinski definition) is 2. The number of carbonyl (C=O) groups is 1. The van der Waals surface area contributed by atoms with E-state index in [-0.39, 0.29) is 11.9 Å². The van der Waals surface area contributed by atoms with Crippen LogP contribution in [-0.2, 0) is 4.79 Å². The Morgan fingerprint density at radius 3 is 2.67 bits per heavy atom. The SMILES string of the molecule is CCOc1ccc(NC(CC)C(=O)Nc2nccs2)cc1. The van der Waals surface area contributed by atoms with Crippen LogP contribution in [0.25, 0.3) is 0 Å². The maximum absolute atomic E-state index is 12.2. The first-order valence-electron chi connectivity index (χ1n) is 6.92. The number of hydrogen-bond acceptors (Lipinski definition) is 5. The van der Waals surface area contributed by atoms with Gasteiger partial charge in [-0.05, 0) is 37.6 Å². The number of nitrogens with zero attached hydrogens (tertiary/aromatic N) is 1. The molecule has 1 aromatic carbocycles. The standard InChI is InChI=1S/C15H19N3O2S/c1-3-13(14(19)18-15-16-9-10-21-15)17-11-5-7-12(8-6-11)20-4-2/h5-10,13,17H,3-4H2,1-2H3,(H,16,18,19). The Bertz CT molecular complexity index is 555. The second-order valence-corrected chi connectivity index (χ2v) is 5.28. The van der Waals surface area contributed by atoms with Crippen LogP contribution in [0.3, 0.4) is 0 Å². The molecule has 2 rings (SSSR count). The summed E-state index contributed by atoms with van der Waals surface area (Å²) in [6.45, 7) is 4.55. The van der Waals surface area contributed by atoms with Gasteiger partial charge >= 0.3 is 0 Å². The minimum absolute atomic E-state index is 0.0821. The highest BCUT2D eigenvalue weighted by Crippen LogP contribution is 2.18. The largest absolute Gasteiger partial charge is 0.494 e. The van der Waals surface area contributed by atoms with Crippen LogP contribution in [0.2, 0.25) is 0 Å². The number of rotatable bonds is 7. The molecule has 0 radical (unpaired) electrons. The van der Waals surface area contributed by atoms with Crippen molar-refractivity contribution >= 4 is 28.1 Å². The third-order valence-corrected chi connectivity index (χ3v) is 3.58. The fourth-order valence-corrected chi connectivity index (χ4v) is 2.38. The molecule has 112 valence electrons. The molecule has 0 bridgehead atoms. The first-order chi connectivity index (χ1) is 10.2. The highest BCUT2D eigenvalue weighted by Gasteiger charge is 2.17. The van der Waals surface area contributed by atoms with Gasteiger partial charge in [-0.1, -0.05) is 6.92 Å². The smallest absolute Gasteiger partial charge is 0.248 e. The first kappa shape index (κ1) is 15.3. The van der Waals surface area contributed by atoms with Crippen LogP contribution in [0.1, 0.15) is 20.3 Å². The Kier molecular flexibility index (Phi) is 5.57. The number of aromatic nitrogens is 1. The lowest BCUT2D eigenvalue weighted by Crippen LogP contribution is -2.34. The highest BCUT2D eigenvalue weighted by molar-refractivity contribution is 7.13. The van der Waals surface area contributed by atoms with Crippen LogP contribution in [0.5, 0.6) is 5.75 Å². The fourth-order valence-electron chi connectivity index (χ4n) is 1.85. The number of amides is 1. The maximum Gasteiger partial charge on any atom is 0.248 e. The molecule has 1 atom stereocenters. The van der Waals surface area contributed by atoms with Crippen LogP contribution < -0.4 is 15.4 Å². The molecule has 1 heterocycles. The molecule has 1 amide bonds. The normalized spacial score (nSPS) is 11.7. The average molecular weight is 305 g/mol. The van der Waals surface area contributed by atoms with E-state index in [1.54, 1.807) is 6.20 Å². The summed E-state index contributed by atoms with van der Waals surface area (Å²) in [5.41, 5.74) is 0.889. The van der Waals surface area contributed by atoms with Crippen LogP contribution in [0.4, 0.5) is 10.8 Å². The average Bonchev–Trinajstić information content (AvgIpc) is 2.99. The summed E-state index contributed by atoms with van der Waals surface area (Å²) >= 11 is 1.41. The molecule has 0 saturated carbocycles. The Labute approximate surface area is 128 Å². The van der Waals surface area contributed by atoms with Crippen LogP contribution in [-0.4, -0.2) is 23.5 Å². The minimum Gasteiger partial charge on any atom is -0.494 e. The molecule has 1 unspecified atom stereocenters. The monoisotopic (exact) mass is 305 g/mol. The first-order valence-corrected chi connectivity index (χ1v) is 7.80. The summed E-state index contributed by atoms with van der Waals surface area (Å²) in [7, 11) is 0. The summed E-state index contributed by atoms with van der Waals surface area (Å²) in [5, 5.41) is 8.47. The number of nitrogens with one attached hydrogen (secondary N) is 2. The number of ether oxygens (including phenoxy) is 1. The summed E-state index contributed by atoms with van der Waals surface area (Å²) in [5.74, 6) is 0.740. The second kappa shape index (κ2) is 7.64. The van der Waals surface area contributed by atoms with Gasteiger partial charge in [0.15, 0.2) is 5.13 Å². The van der Waals surface area contributed by atoms with Gasteiger partial charge in [0.05, 0.1) is 6.61 Å². The Balaban J connectivity index is 1.96. The van der Waals surface area contributed by atoms with E-state index in [0.29, 0.717) is 18.2 Å². The third-order valence-electron chi connectivity index (χ3n) is 2.89. The van der Waals surface area contributed by atoms with Crippen LogP contribution >= 0.6 is 11.3 Å². The lowest BCUT2D eigenvalue weighted by molar-refractivity contribution is -0.116. The molecule has 0 aliphatic carbocycles. The predicted octanol–water partition coefficient (Wildman–Crippen LogP) is 3.37. The second-order valence-electron chi connectivity index (χ2n) is 4.39. The summed E-state index contributed by atoms with van der Waals surface area (Å²) in [4.78, 5) is 16.2. The van der Waals surface area contributed by atoms with Crippen molar-refractivity contribution in [2.24, 2.45) is 0 Å². The summed E-state index contributed by atoms with van der Waals surface area (Å²) in [6, 6.07) is 7.29. The van der Waals surface area contributed by atoms with E-state index >= 15 is 0 Å². The zero-order valence-corrected chi connectivity index (χ0v) is 12.9. The van der Waals surface area contributed by atoms with E-state index in [2.05, 4.69) is 15.6 Å². The van der Waals surface area contributed by atoms with Gasteiger partial charge in [0.25, 0.3) is 0 Å². The Morgan fingerprint density at radius 1 is 1.33 bits per heavy atom. The number of anilines is 2. The van der Waals surface area contributed by atoms with Gasteiger partial charge in [0, 0.05) is 17.3 Å². The number of benzene rings is 1. The van der Waals surface area contributed by atoms with E-state index in [4.69, 9.17) is 4.74 Å². The molecule has 0 saturated heterocycles. The number of carbonyl (C=O) groups excluding carboxylic acids is 1. The van der Waals surface area contributed by atoms with Gasteiger partial charge in [-0.25, -0.2) is 4.98 Å². The highest BCUT2D eigenvalue weighted by atomic mass is 32.1. The van der Waals surface area contributed by atoms with Gasteiger partial charge < -0.3 is 15.4 Å². The van der Waals surface area contributed by atoms with Gasteiger partial charge in [-0.3, -0.25) is 4.79 Å². The quantitative estimate of drug-likeness (QED) is 0.823. The molecule has 1 aromatic heterocycles. The van der Waals surface area contributed by atoms with Crippen LogP contribution in [0.15, 0.2) is 35.8 Å². The van der Waals surface area contributed by atoms with Crippen molar-refractivity contribution in [1.29, 1.82) is 0 Å². The Morgan fingerprint density at radius 2 is 2.10 bits per heavy atom. The van der Waals surface area contributed by atoms with E-state index in [0.717, 1.165) is 11.4 Å². The van der Waals surface area contributed by atoms with Crippen LogP contribution in [0, 0.1) is 0 Å². The van der Waals surface area contributed by atoms with E-state index in [1.807, 2.05) is 43.5 Å². The lowest BCUT2D eigenvalue weighted by atomic mass is 10.2. The van der Waals surface area contributed by atoms with Crippen molar-refractivity contribution in [3.63, 3.8) is 0 Å². The van der Waals surface area contributed by atoms with Crippen molar-refractivity contribution < 1.29 is 9.53 Å². The van der Waals surface area contributed by atoms with Gasteiger partial charge in [0.1, 0.15) is 11.8 Å². The van der Waals surface area contributed by atoms with Crippen molar-refractivity contribution in [2.75, 3.05) is 17.2 Å². The van der Waals surface area contributed by atoms with E-state index in [9.17, 15) is 4.79 Å². The van der Waals surface area contributed by atoms with Crippen molar-refractivity contribution in [3.05, 3.63) is 35.8 Å². The third kappa shape index (κ3) is 4.46. The molecule has 0 fully saturated rings. The van der Waals surface area contributed by atoms with E-state index in [1.165, 1.54) is 11.3 Å². The van der Waals surface area contributed by atoms with Gasteiger partial charge in [-0.2, -0.15) is 0 Å². The maximum atomic E-state index is 12.2. The van der Waals surface area contributed by atoms with Crippen molar-refractivity contribution in [3.8, 4) is 5.75 Å². The van der Waals surface area contributed by atoms with Crippen molar-refractivity contribution in [1.82, 2.24) is 4.98 Å². The molecule has 2 N–H and O–H groups in total. The molecule has 2 aromatic rings. The Hall–Kier alpha value is -2.08. The minimum atomic E-state index is -0.299. The molecular weight excluding hydrogens is 286 g/mol. The molecule has 0 aliphatic rings. The molecule has 6 heteroatoms. The zero-order chi connectivity index (χ0) is 15.1. The van der Waals surface area contributed by atoms with Gasteiger partial charge in [0.2, 0.25) is 5.91 Å². The lowest BCUT2D eigenvalue weighted by Gasteiger charge is -2.17. The predicted molar refractivity (Wildman–Crippen MR) is 86.1 cm³/mol. The molecule has 21 heavy (non-hydrogen) atoms. The summed E-state index contributed by atoms with van der Waals surface area (Å²) in [6.07, 6.45) is 2.35. The zero-order valence-electron chi connectivity index (χ0n) is 12.1. The number of thiazole rings is 1.